The van der Waals surface area contributed by atoms with Crippen LogP contribution < -0.4 is 5.43 Å². The Hall–Kier alpha value is -3.56. The van der Waals surface area contributed by atoms with Crippen molar-refractivity contribution in [1.29, 1.82) is 0 Å². The number of carbonyl (C=O) groups excluding carboxylic acids is 1. The van der Waals surface area contributed by atoms with Crippen LogP contribution in [0.1, 0.15) is 57.1 Å². The molecule has 2 aliphatic rings. The average Bonchev–Trinajstić information content (AvgIpc) is 3.61. The minimum absolute atomic E-state index is 0.0212. The van der Waals surface area contributed by atoms with Gasteiger partial charge in [-0.3, -0.25) is 4.79 Å². The molecule has 1 saturated heterocycles. The van der Waals surface area contributed by atoms with Gasteiger partial charge in [-0.1, -0.05) is 68.4 Å². The molecule has 0 saturated carbocycles. The smallest absolute Gasteiger partial charge is 0.234 e. The number of aliphatic imine (C=N–C) groups is 1. The maximum Gasteiger partial charge on any atom is 0.234 e. The van der Waals surface area contributed by atoms with E-state index in [2.05, 4.69) is 10.6 Å². The summed E-state index contributed by atoms with van der Waals surface area (Å²) in [5.74, 6) is 0.257. The summed E-state index contributed by atoms with van der Waals surface area (Å²) in [6, 6.07) is 15.8. The number of carbonyl (C=O) groups is 1. The number of nitrogens with zero attached hydrogens (tertiary/aromatic N) is 4. The third-order valence-corrected chi connectivity index (χ3v) is 7.81. The van der Waals surface area contributed by atoms with Crippen LogP contribution in [0.4, 0.5) is 4.39 Å². The first kappa shape index (κ1) is 27.0. The van der Waals surface area contributed by atoms with Gasteiger partial charge in [0.05, 0.1) is 17.8 Å². The van der Waals surface area contributed by atoms with Gasteiger partial charge in [0, 0.05) is 31.1 Å². The number of likely N-dealkylation sites (tertiary alicyclic amines) is 1. The summed E-state index contributed by atoms with van der Waals surface area (Å²) < 4.78 is 19.8. The highest BCUT2D eigenvalue weighted by Gasteiger charge is 2.47. The molecule has 1 aromatic heterocycles. The Morgan fingerprint density at radius 3 is 2.56 bits per heavy atom. The average molecular weight is 534 g/mol. The topological polar surface area (TPSA) is 94.2 Å². The Labute approximate surface area is 228 Å². The van der Waals surface area contributed by atoms with Gasteiger partial charge in [0.1, 0.15) is 23.3 Å². The molecular formula is C30H36FN5O3. The van der Waals surface area contributed by atoms with Gasteiger partial charge < -0.3 is 20.0 Å². The number of benzene rings is 2. The SMILES string of the molecule is CCN1NC([C@@H]2C[C@@H](O)CN2C(=O)C(c2cc(C)no2)C(C)C)=N[C@@]1(C)c1ccc(-c2ccccc2F)cc1. The number of hydrazine groups is 1. The lowest BCUT2D eigenvalue weighted by Crippen LogP contribution is -2.51. The second-order valence-corrected chi connectivity index (χ2v) is 10.9. The minimum atomic E-state index is -0.750. The molecule has 1 amide bonds. The first-order chi connectivity index (χ1) is 18.6. The van der Waals surface area contributed by atoms with Crippen molar-refractivity contribution in [3.8, 4) is 11.1 Å². The molecule has 4 atom stereocenters. The number of nitrogens with one attached hydrogen (secondary N) is 1. The zero-order valence-electron chi connectivity index (χ0n) is 23.1. The third kappa shape index (κ3) is 4.96. The normalized spacial score (nSPS) is 24.2. The quantitative estimate of drug-likeness (QED) is 0.461. The number of amides is 1. The highest BCUT2D eigenvalue weighted by atomic mass is 19.1. The van der Waals surface area contributed by atoms with Crippen LogP contribution in [0.15, 0.2) is 64.1 Å². The molecule has 8 nitrogen and oxygen atoms in total. The monoisotopic (exact) mass is 533 g/mol. The molecule has 1 unspecified atom stereocenters. The van der Waals surface area contributed by atoms with E-state index in [0.29, 0.717) is 30.1 Å². The minimum Gasteiger partial charge on any atom is -0.391 e. The van der Waals surface area contributed by atoms with E-state index in [1.54, 1.807) is 23.1 Å². The van der Waals surface area contributed by atoms with Crippen LogP contribution in [-0.2, 0) is 10.5 Å². The highest BCUT2D eigenvalue weighted by molar-refractivity contribution is 5.95. The van der Waals surface area contributed by atoms with Crippen molar-refractivity contribution in [3.63, 3.8) is 0 Å². The number of halogens is 1. The molecule has 0 spiro atoms. The van der Waals surface area contributed by atoms with E-state index in [4.69, 9.17) is 9.52 Å². The van der Waals surface area contributed by atoms with Crippen LogP contribution in [0.2, 0.25) is 0 Å². The highest BCUT2D eigenvalue weighted by Crippen LogP contribution is 2.37. The summed E-state index contributed by atoms with van der Waals surface area (Å²) in [5.41, 5.74) is 5.66. The zero-order chi connectivity index (χ0) is 27.9. The van der Waals surface area contributed by atoms with E-state index in [0.717, 1.165) is 16.8 Å². The lowest BCUT2D eigenvalue weighted by atomic mass is 9.91. The number of rotatable bonds is 7. The molecule has 2 aliphatic heterocycles. The van der Waals surface area contributed by atoms with E-state index in [1.165, 1.54) is 6.07 Å². The van der Waals surface area contributed by atoms with Gasteiger partial charge in [-0.05, 0) is 37.0 Å². The third-order valence-electron chi connectivity index (χ3n) is 7.81. The first-order valence-electron chi connectivity index (χ1n) is 13.5. The van der Waals surface area contributed by atoms with Crippen LogP contribution in [0, 0.1) is 18.7 Å². The van der Waals surface area contributed by atoms with Gasteiger partial charge in [0.25, 0.3) is 0 Å². The van der Waals surface area contributed by atoms with Crippen LogP contribution in [0.25, 0.3) is 11.1 Å². The van der Waals surface area contributed by atoms with Gasteiger partial charge in [-0.15, -0.1) is 0 Å². The lowest BCUT2D eigenvalue weighted by Gasteiger charge is -2.32. The molecule has 0 aliphatic carbocycles. The molecule has 39 heavy (non-hydrogen) atoms. The zero-order valence-corrected chi connectivity index (χ0v) is 23.1. The maximum atomic E-state index is 14.3. The van der Waals surface area contributed by atoms with E-state index < -0.39 is 23.7 Å². The number of aromatic nitrogens is 1. The summed E-state index contributed by atoms with van der Waals surface area (Å²) in [4.78, 5) is 20.7. The van der Waals surface area contributed by atoms with Gasteiger partial charge in [-0.25, -0.2) is 9.38 Å². The van der Waals surface area contributed by atoms with Crippen LogP contribution in [-0.4, -0.2) is 57.2 Å². The van der Waals surface area contributed by atoms with E-state index in [-0.39, 0.29) is 24.2 Å². The standard InChI is InChI=1S/C30H36FN5O3/c1-6-36-30(5,21-13-11-20(12-14-21)23-9-7-8-10-24(23)31)32-28(33-36)25-16-22(37)17-35(25)29(38)27(18(2)3)26-15-19(4)34-39-26/h7-15,18,22,25,27,37H,6,16-17H2,1-5H3,(H,32,33)/t22-,25+,27?,30-/m1/s1. The second kappa shape index (κ2) is 10.5. The van der Waals surface area contributed by atoms with Crippen molar-refractivity contribution in [2.45, 2.75) is 64.8 Å². The Bertz CT molecular complexity index is 1370. The Kier molecular flexibility index (Phi) is 7.31. The first-order valence-corrected chi connectivity index (χ1v) is 13.5. The Morgan fingerprint density at radius 1 is 1.23 bits per heavy atom. The summed E-state index contributed by atoms with van der Waals surface area (Å²) in [6.07, 6.45) is -0.271. The Balaban J connectivity index is 1.45. The van der Waals surface area contributed by atoms with Crippen molar-refractivity contribution in [1.82, 2.24) is 20.5 Å². The fraction of sp³-hybridized carbons (Fsp3) is 0.433. The van der Waals surface area contributed by atoms with Gasteiger partial charge in [0.15, 0.2) is 5.66 Å². The molecule has 3 aromatic rings. The van der Waals surface area contributed by atoms with Crippen molar-refractivity contribution < 1.29 is 18.8 Å². The summed E-state index contributed by atoms with van der Waals surface area (Å²) in [5, 5.41) is 16.7. The van der Waals surface area contributed by atoms with E-state index in [9.17, 15) is 14.3 Å². The number of aliphatic hydroxyl groups is 1. The van der Waals surface area contributed by atoms with Gasteiger partial charge in [-0.2, -0.15) is 5.01 Å². The molecule has 0 bridgehead atoms. The molecule has 206 valence electrons. The molecule has 2 N–H and O–H groups in total. The second-order valence-electron chi connectivity index (χ2n) is 10.9. The predicted molar refractivity (Wildman–Crippen MR) is 147 cm³/mol. The fourth-order valence-electron chi connectivity index (χ4n) is 5.74. The molecule has 1 fully saturated rings. The number of β-amino-alcohol motifs (C(OH)–C–C–N with tert-alkyl or cyclic N) is 1. The largest absolute Gasteiger partial charge is 0.391 e. The maximum absolute atomic E-state index is 14.3. The van der Waals surface area contributed by atoms with Crippen molar-refractivity contribution in [2.24, 2.45) is 10.9 Å². The number of aliphatic hydroxyl groups excluding tert-OH is 1. The molecule has 3 heterocycles. The van der Waals surface area contributed by atoms with Crippen molar-refractivity contribution in [3.05, 3.63) is 77.4 Å². The van der Waals surface area contributed by atoms with Gasteiger partial charge >= 0.3 is 0 Å². The number of hydrogen-bond acceptors (Lipinski definition) is 7. The summed E-state index contributed by atoms with van der Waals surface area (Å²) >= 11 is 0. The van der Waals surface area contributed by atoms with E-state index >= 15 is 0 Å². The summed E-state index contributed by atoms with van der Waals surface area (Å²) in [7, 11) is 0. The predicted octanol–water partition coefficient (Wildman–Crippen LogP) is 4.60. The van der Waals surface area contributed by atoms with Crippen LogP contribution >= 0.6 is 0 Å². The molecule has 2 aromatic carbocycles. The summed E-state index contributed by atoms with van der Waals surface area (Å²) in [6.45, 7) is 10.7. The lowest BCUT2D eigenvalue weighted by molar-refractivity contribution is -0.134. The number of amidine groups is 1. The number of hydrogen-bond donors (Lipinski definition) is 2. The Morgan fingerprint density at radius 2 is 1.95 bits per heavy atom. The van der Waals surface area contributed by atoms with Crippen LogP contribution in [0.3, 0.4) is 0 Å². The van der Waals surface area contributed by atoms with Crippen LogP contribution in [0.5, 0.6) is 0 Å². The fourth-order valence-corrected chi connectivity index (χ4v) is 5.74. The number of aryl methyl sites for hydroxylation is 1. The molecule has 0 radical (unpaired) electrons. The molecule has 9 heteroatoms. The van der Waals surface area contributed by atoms with Crippen molar-refractivity contribution >= 4 is 11.7 Å². The van der Waals surface area contributed by atoms with Gasteiger partial charge in [0.2, 0.25) is 5.91 Å². The van der Waals surface area contributed by atoms with Crippen molar-refractivity contribution in [2.75, 3.05) is 13.1 Å². The molecule has 5 rings (SSSR count). The van der Waals surface area contributed by atoms with E-state index in [1.807, 2.05) is 70.0 Å². The molecular weight excluding hydrogens is 497 g/mol.